The molecule has 2 rings (SSSR count). The standard InChI is InChI=1S/C15H27NO3/c1-12(14(2,3)4)10-13(17)16-7-5-6-15(11-16)18-8-9-19-15/h12H,5-11H2,1-4H3. The van der Waals surface area contributed by atoms with Crippen molar-refractivity contribution in [1.29, 1.82) is 0 Å². The Kier molecular flexibility index (Phi) is 4.21. The lowest BCUT2D eigenvalue weighted by Gasteiger charge is -2.39. The highest BCUT2D eigenvalue weighted by Gasteiger charge is 2.42. The van der Waals surface area contributed by atoms with Crippen LogP contribution in [0.4, 0.5) is 0 Å². The van der Waals surface area contributed by atoms with Crippen LogP contribution in [0.5, 0.6) is 0 Å². The summed E-state index contributed by atoms with van der Waals surface area (Å²) in [5, 5.41) is 0. The van der Waals surface area contributed by atoms with Gasteiger partial charge in [0.05, 0.1) is 19.8 Å². The Balaban J connectivity index is 1.92. The van der Waals surface area contributed by atoms with Gasteiger partial charge in [0.2, 0.25) is 5.91 Å². The second-order valence-corrected chi connectivity index (χ2v) is 7.00. The minimum atomic E-state index is -0.501. The highest BCUT2D eigenvalue weighted by molar-refractivity contribution is 5.76. The fraction of sp³-hybridized carbons (Fsp3) is 0.933. The van der Waals surface area contributed by atoms with Crippen molar-refractivity contribution in [2.75, 3.05) is 26.3 Å². The number of likely N-dealkylation sites (tertiary alicyclic amines) is 1. The van der Waals surface area contributed by atoms with Crippen molar-refractivity contribution in [3.8, 4) is 0 Å². The number of ether oxygens (including phenoxy) is 2. The topological polar surface area (TPSA) is 38.8 Å². The maximum Gasteiger partial charge on any atom is 0.223 e. The van der Waals surface area contributed by atoms with Gasteiger partial charge in [0, 0.05) is 19.4 Å². The van der Waals surface area contributed by atoms with Gasteiger partial charge in [-0.2, -0.15) is 0 Å². The van der Waals surface area contributed by atoms with Gasteiger partial charge in [-0.3, -0.25) is 4.79 Å². The summed E-state index contributed by atoms with van der Waals surface area (Å²) in [7, 11) is 0. The van der Waals surface area contributed by atoms with Crippen LogP contribution in [0.1, 0.15) is 47.0 Å². The molecular weight excluding hydrogens is 242 g/mol. The van der Waals surface area contributed by atoms with Crippen LogP contribution in [0.25, 0.3) is 0 Å². The Morgan fingerprint density at radius 1 is 1.32 bits per heavy atom. The summed E-state index contributed by atoms with van der Waals surface area (Å²) in [6.45, 7) is 11.5. The number of amides is 1. The van der Waals surface area contributed by atoms with E-state index in [1.807, 2.05) is 4.90 Å². The van der Waals surface area contributed by atoms with Gasteiger partial charge in [-0.1, -0.05) is 27.7 Å². The molecule has 2 heterocycles. The molecule has 0 radical (unpaired) electrons. The van der Waals surface area contributed by atoms with Crippen LogP contribution in [-0.4, -0.2) is 42.9 Å². The molecule has 1 amide bonds. The van der Waals surface area contributed by atoms with E-state index in [4.69, 9.17) is 9.47 Å². The first-order valence-electron chi connectivity index (χ1n) is 7.38. The van der Waals surface area contributed by atoms with Gasteiger partial charge in [0.15, 0.2) is 5.79 Å². The maximum atomic E-state index is 12.4. The first-order valence-corrected chi connectivity index (χ1v) is 7.38. The fourth-order valence-electron chi connectivity index (χ4n) is 2.63. The average molecular weight is 269 g/mol. The zero-order valence-corrected chi connectivity index (χ0v) is 12.7. The van der Waals surface area contributed by atoms with E-state index >= 15 is 0 Å². The lowest BCUT2D eigenvalue weighted by molar-refractivity contribution is -0.193. The molecule has 0 saturated carbocycles. The van der Waals surface area contributed by atoms with Crippen molar-refractivity contribution < 1.29 is 14.3 Å². The average Bonchev–Trinajstić information content (AvgIpc) is 2.76. The monoisotopic (exact) mass is 269 g/mol. The van der Waals surface area contributed by atoms with E-state index in [1.165, 1.54) is 0 Å². The summed E-state index contributed by atoms with van der Waals surface area (Å²) >= 11 is 0. The molecule has 2 fully saturated rings. The molecule has 0 N–H and O–H groups in total. The predicted molar refractivity (Wildman–Crippen MR) is 73.7 cm³/mol. The molecule has 0 aromatic rings. The highest BCUT2D eigenvalue weighted by atomic mass is 16.7. The fourth-order valence-corrected chi connectivity index (χ4v) is 2.63. The molecule has 0 aromatic heterocycles. The van der Waals surface area contributed by atoms with Gasteiger partial charge in [0.25, 0.3) is 0 Å². The van der Waals surface area contributed by atoms with Crippen LogP contribution >= 0.6 is 0 Å². The second-order valence-electron chi connectivity index (χ2n) is 7.00. The summed E-state index contributed by atoms with van der Waals surface area (Å²) in [4.78, 5) is 14.3. The number of nitrogens with zero attached hydrogens (tertiary/aromatic N) is 1. The number of carbonyl (C=O) groups is 1. The molecule has 110 valence electrons. The van der Waals surface area contributed by atoms with Crippen LogP contribution < -0.4 is 0 Å². The predicted octanol–water partition coefficient (Wildman–Crippen LogP) is 2.42. The molecule has 2 aliphatic heterocycles. The molecule has 1 atom stereocenters. The summed E-state index contributed by atoms with van der Waals surface area (Å²) < 4.78 is 11.4. The number of carbonyl (C=O) groups excluding carboxylic acids is 1. The van der Waals surface area contributed by atoms with Gasteiger partial charge >= 0.3 is 0 Å². The Bertz CT molecular complexity index is 329. The maximum absolute atomic E-state index is 12.4. The molecule has 0 aliphatic carbocycles. The largest absolute Gasteiger partial charge is 0.346 e. The molecule has 19 heavy (non-hydrogen) atoms. The van der Waals surface area contributed by atoms with Gasteiger partial charge in [0.1, 0.15) is 0 Å². The van der Waals surface area contributed by atoms with Crippen molar-refractivity contribution >= 4 is 5.91 Å². The first kappa shape index (κ1) is 14.8. The van der Waals surface area contributed by atoms with E-state index in [9.17, 15) is 4.79 Å². The minimum absolute atomic E-state index is 0.170. The Morgan fingerprint density at radius 2 is 1.95 bits per heavy atom. The van der Waals surface area contributed by atoms with Crippen molar-refractivity contribution in [2.45, 2.75) is 52.7 Å². The third kappa shape index (κ3) is 3.48. The van der Waals surface area contributed by atoms with Gasteiger partial charge in [-0.25, -0.2) is 0 Å². The lowest BCUT2D eigenvalue weighted by atomic mass is 9.80. The highest BCUT2D eigenvalue weighted by Crippen LogP contribution is 2.32. The van der Waals surface area contributed by atoms with E-state index in [0.717, 1.165) is 19.4 Å². The van der Waals surface area contributed by atoms with Crippen LogP contribution in [0.15, 0.2) is 0 Å². The van der Waals surface area contributed by atoms with Crippen molar-refractivity contribution in [1.82, 2.24) is 4.90 Å². The molecule has 2 aliphatic rings. The number of hydrogen-bond donors (Lipinski definition) is 0. The van der Waals surface area contributed by atoms with E-state index in [-0.39, 0.29) is 11.3 Å². The van der Waals surface area contributed by atoms with Gasteiger partial charge in [-0.05, 0) is 17.8 Å². The van der Waals surface area contributed by atoms with Crippen molar-refractivity contribution in [3.05, 3.63) is 0 Å². The summed E-state index contributed by atoms with van der Waals surface area (Å²) in [5.41, 5.74) is 0.170. The molecule has 1 spiro atoms. The van der Waals surface area contributed by atoms with Gasteiger partial charge in [-0.15, -0.1) is 0 Å². The molecule has 1 unspecified atom stereocenters. The Morgan fingerprint density at radius 3 is 2.53 bits per heavy atom. The van der Waals surface area contributed by atoms with Gasteiger partial charge < -0.3 is 14.4 Å². The van der Waals surface area contributed by atoms with Crippen LogP contribution in [0, 0.1) is 11.3 Å². The quantitative estimate of drug-likeness (QED) is 0.773. The van der Waals surface area contributed by atoms with Crippen LogP contribution in [0.3, 0.4) is 0 Å². The molecule has 2 saturated heterocycles. The number of rotatable bonds is 2. The first-order chi connectivity index (χ1) is 8.82. The summed E-state index contributed by atoms with van der Waals surface area (Å²) in [6, 6.07) is 0. The van der Waals surface area contributed by atoms with E-state index in [0.29, 0.717) is 32.1 Å². The third-order valence-electron chi connectivity index (χ3n) is 4.54. The number of hydrogen-bond acceptors (Lipinski definition) is 3. The number of piperidine rings is 1. The smallest absolute Gasteiger partial charge is 0.223 e. The summed E-state index contributed by atoms with van der Waals surface area (Å²) in [6.07, 6.45) is 2.49. The van der Waals surface area contributed by atoms with Crippen LogP contribution in [0.2, 0.25) is 0 Å². The lowest BCUT2D eigenvalue weighted by Crippen LogP contribution is -2.51. The van der Waals surface area contributed by atoms with Crippen LogP contribution in [-0.2, 0) is 14.3 Å². The van der Waals surface area contributed by atoms with E-state index in [1.54, 1.807) is 0 Å². The molecule has 4 nitrogen and oxygen atoms in total. The van der Waals surface area contributed by atoms with Crippen molar-refractivity contribution in [3.63, 3.8) is 0 Å². The van der Waals surface area contributed by atoms with Crippen molar-refractivity contribution in [2.24, 2.45) is 11.3 Å². The third-order valence-corrected chi connectivity index (χ3v) is 4.54. The Labute approximate surface area is 116 Å². The normalized spacial score (nSPS) is 24.7. The zero-order valence-electron chi connectivity index (χ0n) is 12.7. The van der Waals surface area contributed by atoms with E-state index < -0.39 is 5.79 Å². The van der Waals surface area contributed by atoms with E-state index in [2.05, 4.69) is 27.7 Å². The molecular formula is C15H27NO3. The molecule has 0 aromatic carbocycles. The summed E-state index contributed by atoms with van der Waals surface area (Å²) in [5.74, 6) is 0.114. The molecule has 0 bridgehead atoms. The second kappa shape index (κ2) is 5.41. The zero-order chi connectivity index (χ0) is 14.1. The SMILES string of the molecule is CC(CC(=O)N1CCCC2(C1)OCCO2)C(C)(C)C. The molecule has 4 heteroatoms. The minimum Gasteiger partial charge on any atom is -0.346 e. The Hall–Kier alpha value is -0.610.